The summed E-state index contributed by atoms with van der Waals surface area (Å²) in [5.41, 5.74) is 1.23. The maximum Gasteiger partial charge on any atom is 0.0854 e. The molecule has 112 valence electrons. The van der Waals surface area contributed by atoms with Crippen molar-refractivity contribution in [3.05, 3.63) is 38.8 Å². The predicted octanol–water partition coefficient (Wildman–Crippen LogP) is 5.03. The second-order valence-corrected chi connectivity index (χ2v) is 7.81. The van der Waals surface area contributed by atoms with Crippen LogP contribution in [0.4, 0.5) is 0 Å². The summed E-state index contributed by atoms with van der Waals surface area (Å²) in [5.74, 6) is 0. The number of aromatic nitrogens is 2. The van der Waals surface area contributed by atoms with E-state index in [0.717, 1.165) is 24.0 Å². The first-order chi connectivity index (χ1) is 10.2. The second kappa shape index (κ2) is 6.60. The standard InChI is InChI=1S/C15H18BrN3S2/c1-3-6-19-15(10(16)9-18-19)14(17-4-2)13-8-12-11(21-13)5-7-20-12/h5,7-9,14,17H,3-4,6H2,1-2H3. The van der Waals surface area contributed by atoms with Crippen molar-refractivity contribution >= 4 is 48.0 Å². The molecule has 3 aromatic rings. The Hall–Kier alpha value is -0.690. The van der Waals surface area contributed by atoms with Crippen molar-refractivity contribution in [1.82, 2.24) is 15.1 Å². The molecule has 3 aromatic heterocycles. The van der Waals surface area contributed by atoms with Crippen LogP contribution in [0.1, 0.15) is 36.9 Å². The molecule has 0 saturated carbocycles. The van der Waals surface area contributed by atoms with Gasteiger partial charge in [0.15, 0.2) is 0 Å². The fourth-order valence-electron chi connectivity index (χ4n) is 2.51. The molecular weight excluding hydrogens is 366 g/mol. The fourth-order valence-corrected chi connectivity index (χ4v) is 5.24. The van der Waals surface area contributed by atoms with E-state index in [4.69, 9.17) is 0 Å². The number of hydrogen-bond donors (Lipinski definition) is 1. The molecule has 0 bridgehead atoms. The molecule has 0 radical (unpaired) electrons. The molecule has 3 heterocycles. The summed E-state index contributed by atoms with van der Waals surface area (Å²) in [5, 5.41) is 10.3. The van der Waals surface area contributed by atoms with Gasteiger partial charge >= 0.3 is 0 Å². The average molecular weight is 384 g/mol. The Bertz CT molecular complexity index is 700. The highest BCUT2D eigenvalue weighted by molar-refractivity contribution is 9.10. The second-order valence-electron chi connectivity index (χ2n) is 4.89. The number of nitrogens with one attached hydrogen (secondary N) is 1. The van der Waals surface area contributed by atoms with Crippen molar-refractivity contribution in [3.63, 3.8) is 0 Å². The minimum atomic E-state index is 0.197. The molecule has 1 atom stereocenters. The normalized spacial score (nSPS) is 13.1. The van der Waals surface area contributed by atoms with Crippen molar-refractivity contribution in [2.24, 2.45) is 0 Å². The molecule has 0 aliphatic carbocycles. The molecule has 3 nitrogen and oxygen atoms in total. The Balaban J connectivity index is 2.05. The van der Waals surface area contributed by atoms with Gasteiger partial charge in [0, 0.05) is 20.8 Å². The van der Waals surface area contributed by atoms with Gasteiger partial charge in [0.1, 0.15) is 0 Å². The Kier molecular flexibility index (Phi) is 4.78. The van der Waals surface area contributed by atoms with Crippen LogP contribution in [0.5, 0.6) is 0 Å². The number of rotatable bonds is 6. The highest BCUT2D eigenvalue weighted by Gasteiger charge is 2.23. The highest BCUT2D eigenvalue weighted by Crippen LogP contribution is 2.37. The first kappa shape index (κ1) is 15.2. The Morgan fingerprint density at radius 2 is 2.24 bits per heavy atom. The van der Waals surface area contributed by atoms with E-state index < -0.39 is 0 Å². The lowest BCUT2D eigenvalue weighted by atomic mass is 10.1. The van der Waals surface area contributed by atoms with Crippen LogP contribution >= 0.6 is 38.6 Å². The number of nitrogens with zero attached hydrogens (tertiary/aromatic N) is 2. The molecule has 0 fully saturated rings. The Labute approximate surface area is 141 Å². The van der Waals surface area contributed by atoms with Gasteiger partial charge in [0.25, 0.3) is 0 Å². The van der Waals surface area contributed by atoms with E-state index in [2.05, 4.69) is 62.4 Å². The van der Waals surface area contributed by atoms with E-state index in [1.54, 1.807) is 0 Å². The lowest BCUT2D eigenvalue weighted by molar-refractivity contribution is 0.523. The lowest BCUT2D eigenvalue weighted by Crippen LogP contribution is -2.24. The molecule has 21 heavy (non-hydrogen) atoms. The van der Waals surface area contributed by atoms with Gasteiger partial charge < -0.3 is 5.32 Å². The van der Waals surface area contributed by atoms with Crippen LogP contribution in [-0.4, -0.2) is 16.3 Å². The van der Waals surface area contributed by atoms with Crippen molar-refractivity contribution in [2.75, 3.05) is 6.54 Å². The first-order valence-corrected chi connectivity index (χ1v) is 9.65. The molecule has 6 heteroatoms. The quantitative estimate of drug-likeness (QED) is 0.646. The number of halogens is 1. The summed E-state index contributed by atoms with van der Waals surface area (Å²) in [6.45, 7) is 6.21. The van der Waals surface area contributed by atoms with Gasteiger partial charge in [-0.25, -0.2) is 0 Å². The van der Waals surface area contributed by atoms with E-state index in [1.165, 1.54) is 20.0 Å². The van der Waals surface area contributed by atoms with Gasteiger partial charge in [-0.2, -0.15) is 5.10 Å². The van der Waals surface area contributed by atoms with Gasteiger partial charge in [0.2, 0.25) is 0 Å². The lowest BCUT2D eigenvalue weighted by Gasteiger charge is -2.19. The van der Waals surface area contributed by atoms with Crippen LogP contribution in [-0.2, 0) is 6.54 Å². The molecule has 0 saturated heterocycles. The van der Waals surface area contributed by atoms with Crippen LogP contribution < -0.4 is 5.32 Å². The summed E-state index contributed by atoms with van der Waals surface area (Å²) in [6.07, 6.45) is 2.99. The molecule has 0 amide bonds. The summed E-state index contributed by atoms with van der Waals surface area (Å²) in [4.78, 5) is 1.36. The van der Waals surface area contributed by atoms with Crippen molar-refractivity contribution in [3.8, 4) is 0 Å². The van der Waals surface area contributed by atoms with E-state index >= 15 is 0 Å². The molecule has 0 aromatic carbocycles. The molecule has 1 unspecified atom stereocenters. The van der Waals surface area contributed by atoms with Gasteiger partial charge in [-0.15, -0.1) is 22.7 Å². The number of fused-ring (bicyclic) bond motifs is 1. The van der Waals surface area contributed by atoms with E-state index in [1.807, 2.05) is 28.9 Å². The minimum absolute atomic E-state index is 0.197. The molecule has 0 aliphatic heterocycles. The van der Waals surface area contributed by atoms with Gasteiger partial charge in [0.05, 0.1) is 22.4 Å². The molecular formula is C15H18BrN3S2. The number of thiophene rings is 2. The topological polar surface area (TPSA) is 29.9 Å². The third kappa shape index (κ3) is 2.95. The zero-order chi connectivity index (χ0) is 14.8. The van der Waals surface area contributed by atoms with Crippen molar-refractivity contribution in [2.45, 2.75) is 32.9 Å². The highest BCUT2D eigenvalue weighted by atomic mass is 79.9. The van der Waals surface area contributed by atoms with Gasteiger partial charge in [-0.3, -0.25) is 4.68 Å². The molecule has 0 spiro atoms. The van der Waals surface area contributed by atoms with Crippen LogP contribution in [0.3, 0.4) is 0 Å². The third-order valence-corrected chi connectivity index (χ3v) is 6.16. The van der Waals surface area contributed by atoms with Crippen LogP contribution in [0.15, 0.2) is 28.2 Å². The summed E-state index contributed by atoms with van der Waals surface area (Å²) in [6, 6.07) is 4.71. The number of aryl methyl sites for hydroxylation is 1. The average Bonchev–Trinajstić information content (AvgIpc) is 3.12. The minimum Gasteiger partial charge on any atom is -0.305 e. The Morgan fingerprint density at radius 3 is 2.95 bits per heavy atom. The third-order valence-electron chi connectivity index (χ3n) is 3.39. The van der Waals surface area contributed by atoms with Crippen molar-refractivity contribution < 1.29 is 0 Å². The predicted molar refractivity (Wildman–Crippen MR) is 95.4 cm³/mol. The SMILES string of the molecule is CCCn1ncc(Br)c1C(NCC)c1cc2sccc2s1. The van der Waals surface area contributed by atoms with Gasteiger partial charge in [-0.05, 0) is 46.4 Å². The maximum absolute atomic E-state index is 4.51. The number of hydrogen-bond acceptors (Lipinski definition) is 4. The summed E-state index contributed by atoms with van der Waals surface area (Å²) < 4.78 is 5.94. The maximum atomic E-state index is 4.51. The van der Waals surface area contributed by atoms with Crippen molar-refractivity contribution in [1.29, 1.82) is 0 Å². The zero-order valence-corrected chi connectivity index (χ0v) is 15.3. The summed E-state index contributed by atoms with van der Waals surface area (Å²) in [7, 11) is 0. The van der Waals surface area contributed by atoms with E-state index in [0.29, 0.717) is 0 Å². The Morgan fingerprint density at radius 1 is 1.38 bits per heavy atom. The first-order valence-electron chi connectivity index (χ1n) is 7.16. The van der Waals surface area contributed by atoms with Crippen LogP contribution in [0.2, 0.25) is 0 Å². The van der Waals surface area contributed by atoms with Crippen LogP contribution in [0, 0.1) is 0 Å². The molecule has 3 rings (SSSR count). The molecule has 1 N–H and O–H groups in total. The van der Waals surface area contributed by atoms with E-state index in [9.17, 15) is 0 Å². The smallest absolute Gasteiger partial charge is 0.0854 e. The zero-order valence-electron chi connectivity index (χ0n) is 12.1. The van der Waals surface area contributed by atoms with Gasteiger partial charge in [-0.1, -0.05) is 13.8 Å². The summed E-state index contributed by atoms with van der Waals surface area (Å²) >= 11 is 7.35. The van der Waals surface area contributed by atoms with Crippen LogP contribution in [0.25, 0.3) is 9.40 Å². The monoisotopic (exact) mass is 383 g/mol. The van der Waals surface area contributed by atoms with E-state index in [-0.39, 0.29) is 6.04 Å². The largest absolute Gasteiger partial charge is 0.305 e. The molecule has 0 aliphatic rings. The fraction of sp³-hybridized carbons (Fsp3) is 0.400.